The Bertz CT molecular complexity index is 1350. The van der Waals surface area contributed by atoms with Gasteiger partial charge in [0, 0.05) is 26.0 Å². The number of esters is 1. The summed E-state index contributed by atoms with van der Waals surface area (Å²) in [6, 6.07) is 10.1. The Kier molecular flexibility index (Phi) is 6.64. The molecule has 2 atom stereocenters. The highest BCUT2D eigenvalue weighted by Gasteiger charge is 2.36. The van der Waals surface area contributed by atoms with E-state index in [1.807, 2.05) is 31.2 Å². The lowest BCUT2D eigenvalue weighted by molar-refractivity contribution is -0.146. The minimum absolute atomic E-state index is 0.152. The molecule has 0 saturated heterocycles. The van der Waals surface area contributed by atoms with Crippen LogP contribution in [0.4, 0.5) is 18.9 Å². The molecule has 1 N–H and O–H groups in total. The molecule has 1 heterocycles. The number of rotatable bonds is 5. The number of aryl methyl sites for hydroxylation is 1. The van der Waals surface area contributed by atoms with E-state index >= 15 is 0 Å². The summed E-state index contributed by atoms with van der Waals surface area (Å²) in [5.41, 5.74) is 1.48. The number of anilines is 1. The monoisotopic (exact) mass is 505 g/mol. The van der Waals surface area contributed by atoms with Crippen molar-refractivity contribution in [1.82, 2.24) is 9.55 Å². The zero-order valence-electron chi connectivity index (χ0n) is 19.2. The first-order valence-electron chi connectivity index (χ1n) is 11.0. The van der Waals surface area contributed by atoms with E-state index in [4.69, 9.17) is 16.3 Å². The fraction of sp³-hybridized carbons (Fsp3) is 0.320. The van der Waals surface area contributed by atoms with Crippen LogP contribution in [0.1, 0.15) is 42.3 Å². The topological polar surface area (TPSA) is 73.2 Å². The van der Waals surface area contributed by atoms with Gasteiger partial charge < -0.3 is 10.1 Å². The van der Waals surface area contributed by atoms with Crippen LogP contribution in [0.25, 0.3) is 11.4 Å². The lowest BCUT2D eigenvalue weighted by atomic mass is 10.1. The molecular formula is C25H23ClF3N3O3. The quantitative estimate of drug-likeness (QED) is 0.475. The molecule has 2 aromatic carbocycles. The number of aromatic nitrogens is 2. The summed E-state index contributed by atoms with van der Waals surface area (Å²) in [4.78, 5) is 29.7. The normalized spacial score (nSPS) is 17.2. The molecule has 10 heteroatoms. The van der Waals surface area contributed by atoms with E-state index in [-0.39, 0.29) is 22.1 Å². The fourth-order valence-corrected chi connectivity index (χ4v) is 4.63. The maximum absolute atomic E-state index is 13.4. The Hall–Kier alpha value is -3.33. The third-order valence-corrected chi connectivity index (χ3v) is 6.35. The summed E-state index contributed by atoms with van der Waals surface area (Å²) < 4.78 is 46.0. The molecule has 1 aliphatic carbocycles. The minimum atomic E-state index is -4.54. The number of alkyl halides is 3. The number of fused-ring (bicyclic) bond motifs is 1. The molecule has 0 saturated carbocycles. The second-order valence-electron chi connectivity index (χ2n) is 8.34. The third kappa shape index (κ3) is 4.77. The van der Waals surface area contributed by atoms with Crippen LogP contribution in [0.3, 0.4) is 0 Å². The Balaban J connectivity index is 1.78. The molecule has 0 radical (unpaired) electrons. The maximum Gasteiger partial charge on any atom is 0.416 e. The average molecular weight is 506 g/mol. The minimum Gasteiger partial charge on any atom is -0.460 e. The van der Waals surface area contributed by atoms with E-state index in [1.54, 1.807) is 0 Å². The number of nitrogens with zero attached hydrogens (tertiary/aromatic N) is 2. The highest BCUT2D eigenvalue weighted by atomic mass is 35.5. The van der Waals surface area contributed by atoms with Crippen molar-refractivity contribution in [2.75, 3.05) is 5.32 Å². The number of carbonyl (C=O) groups excluding carboxylic acids is 1. The number of ether oxygens (including phenoxy) is 1. The van der Waals surface area contributed by atoms with E-state index in [0.29, 0.717) is 18.5 Å². The number of hydrogen-bond acceptors (Lipinski definition) is 5. The summed E-state index contributed by atoms with van der Waals surface area (Å²) >= 11 is 6.17. The highest BCUT2D eigenvalue weighted by molar-refractivity contribution is 6.33. The molecular weight excluding hydrogens is 483 g/mol. The van der Waals surface area contributed by atoms with Gasteiger partial charge in [-0.25, -0.2) is 4.98 Å². The second kappa shape index (κ2) is 9.37. The Morgan fingerprint density at radius 3 is 2.60 bits per heavy atom. The number of nitrogens with one attached hydrogen (secondary N) is 1. The summed E-state index contributed by atoms with van der Waals surface area (Å²) in [5.74, 6) is -0.275. The van der Waals surface area contributed by atoms with Crippen molar-refractivity contribution in [3.63, 3.8) is 0 Å². The first kappa shape index (κ1) is 24.8. The zero-order valence-corrected chi connectivity index (χ0v) is 20.0. The molecule has 0 amide bonds. The Morgan fingerprint density at radius 2 is 1.97 bits per heavy atom. The van der Waals surface area contributed by atoms with Crippen LogP contribution in [-0.4, -0.2) is 21.6 Å². The van der Waals surface area contributed by atoms with Crippen molar-refractivity contribution in [3.05, 3.63) is 80.2 Å². The molecule has 6 nitrogen and oxygen atoms in total. The number of benzene rings is 2. The third-order valence-electron chi connectivity index (χ3n) is 6.04. The van der Waals surface area contributed by atoms with E-state index in [2.05, 4.69) is 10.3 Å². The molecule has 0 bridgehead atoms. The Labute approximate surface area is 204 Å². The fourth-order valence-electron chi connectivity index (χ4n) is 4.37. The van der Waals surface area contributed by atoms with Gasteiger partial charge in [0.05, 0.1) is 22.3 Å². The first-order chi connectivity index (χ1) is 16.5. The smallest absolute Gasteiger partial charge is 0.416 e. The van der Waals surface area contributed by atoms with Gasteiger partial charge in [-0.15, -0.1) is 0 Å². The predicted octanol–water partition coefficient (Wildman–Crippen LogP) is 5.32. The second-order valence-corrected chi connectivity index (χ2v) is 8.75. The van der Waals surface area contributed by atoms with Crippen LogP contribution in [0.2, 0.25) is 5.02 Å². The van der Waals surface area contributed by atoms with Crippen molar-refractivity contribution < 1.29 is 22.7 Å². The van der Waals surface area contributed by atoms with Gasteiger partial charge >= 0.3 is 12.1 Å². The van der Waals surface area contributed by atoms with E-state index in [0.717, 1.165) is 23.3 Å². The molecule has 35 heavy (non-hydrogen) atoms. The van der Waals surface area contributed by atoms with Gasteiger partial charge in [0.15, 0.2) is 0 Å². The van der Waals surface area contributed by atoms with Crippen LogP contribution in [0.15, 0.2) is 47.3 Å². The lowest BCUT2D eigenvalue weighted by Crippen LogP contribution is -2.32. The van der Waals surface area contributed by atoms with Gasteiger partial charge in [-0.2, -0.15) is 13.2 Å². The van der Waals surface area contributed by atoms with Crippen molar-refractivity contribution >= 4 is 23.3 Å². The van der Waals surface area contributed by atoms with E-state index in [9.17, 15) is 22.8 Å². The number of hydrogen-bond donors (Lipinski definition) is 1. The average Bonchev–Trinajstić information content (AvgIpc) is 3.13. The molecule has 1 aliphatic rings. The molecule has 0 fully saturated rings. The Morgan fingerprint density at radius 1 is 1.26 bits per heavy atom. The van der Waals surface area contributed by atoms with Crippen LogP contribution in [-0.2, 0) is 35.6 Å². The highest BCUT2D eigenvalue weighted by Crippen LogP contribution is 2.37. The largest absolute Gasteiger partial charge is 0.460 e. The first-order valence-corrected chi connectivity index (χ1v) is 11.4. The molecule has 4 rings (SSSR count). The van der Waals surface area contributed by atoms with Crippen LogP contribution in [0.5, 0.6) is 0 Å². The predicted molar refractivity (Wildman–Crippen MR) is 126 cm³/mol. The standard InChI is InChI=1S/C25H23ClF3N3O3/c1-4-19-22(31-21-16-8-6-5-7-14(16)11-20(21)35-13(2)33)24(34)32(3)23(30-19)17-10-9-15(12-18(17)26)25(27,28)29/h5-10,12,20-21,31H,4,11H2,1-3H3/t20-,21-/m0/s1. The maximum atomic E-state index is 13.4. The van der Waals surface area contributed by atoms with Crippen LogP contribution >= 0.6 is 11.6 Å². The van der Waals surface area contributed by atoms with Crippen molar-refractivity contribution in [2.45, 2.75) is 45.0 Å². The molecule has 1 aromatic heterocycles. The van der Waals surface area contributed by atoms with E-state index < -0.39 is 35.4 Å². The zero-order chi connectivity index (χ0) is 25.5. The lowest BCUT2D eigenvalue weighted by Gasteiger charge is -2.24. The molecule has 0 spiro atoms. The van der Waals surface area contributed by atoms with Gasteiger partial charge in [0.1, 0.15) is 17.6 Å². The summed E-state index contributed by atoms with van der Waals surface area (Å²) in [6.45, 7) is 3.15. The van der Waals surface area contributed by atoms with Crippen LogP contribution in [0, 0.1) is 0 Å². The van der Waals surface area contributed by atoms with Crippen molar-refractivity contribution in [3.8, 4) is 11.4 Å². The molecule has 0 unspecified atom stereocenters. The van der Waals surface area contributed by atoms with Gasteiger partial charge in [0.25, 0.3) is 5.56 Å². The van der Waals surface area contributed by atoms with Crippen molar-refractivity contribution in [2.24, 2.45) is 7.05 Å². The van der Waals surface area contributed by atoms with E-state index in [1.165, 1.54) is 24.6 Å². The van der Waals surface area contributed by atoms with Gasteiger partial charge in [-0.05, 0) is 35.7 Å². The molecule has 184 valence electrons. The SMILES string of the molecule is CCc1nc(-c2ccc(C(F)(F)F)cc2Cl)n(C)c(=O)c1N[C@H]1c2ccccc2C[C@@H]1OC(C)=O. The number of carbonyl (C=O) groups is 1. The van der Waals surface area contributed by atoms with Crippen molar-refractivity contribution in [1.29, 1.82) is 0 Å². The van der Waals surface area contributed by atoms with Gasteiger partial charge in [0.2, 0.25) is 0 Å². The summed E-state index contributed by atoms with van der Waals surface area (Å²) in [6.07, 6.45) is -4.18. The summed E-state index contributed by atoms with van der Waals surface area (Å²) in [5, 5.41) is 3.09. The summed E-state index contributed by atoms with van der Waals surface area (Å²) in [7, 11) is 1.48. The van der Waals surface area contributed by atoms with Gasteiger partial charge in [-0.3, -0.25) is 14.2 Å². The van der Waals surface area contributed by atoms with Crippen LogP contribution < -0.4 is 10.9 Å². The molecule has 3 aromatic rings. The molecule has 0 aliphatic heterocycles. The van der Waals surface area contributed by atoms with Gasteiger partial charge in [-0.1, -0.05) is 42.8 Å². The number of halogens is 4.